The van der Waals surface area contributed by atoms with Gasteiger partial charge in [0.15, 0.2) is 0 Å². The summed E-state index contributed by atoms with van der Waals surface area (Å²) in [6.45, 7) is 1.59. The molecule has 30 heavy (non-hydrogen) atoms. The zero-order valence-corrected chi connectivity index (χ0v) is 20.2. The van der Waals surface area contributed by atoms with E-state index in [1.807, 2.05) is 7.05 Å². The molecule has 1 aromatic heterocycles. The van der Waals surface area contributed by atoms with Crippen molar-refractivity contribution in [2.45, 2.75) is 18.0 Å². The predicted molar refractivity (Wildman–Crippen MR) is 120 cm³/mol. The van der Waals surface area contributed by atoms with Gasteiger partial charge in [0.1, 0.15) is 0 Å². The van der Waals surface area contributed by atoms with E-state index in [-0.39, 0.29) is 6.10 Å². The Morgan fingerprint density at radius 3 is 2.40 bits per heavy atom. The molecule has 10 heteroatoms. The van der Waals surface area contributed by atoms with Crippen molar-refractivity contribution < 1.29 is 26.6 Å². The molecule has 0 N–H and O–H groups in total. The molecular weight excluding hydrogens is 577 g/mol. The molecule has 1 unspecified atom stereocenters. The van der Waals surface area contributed by atoms with Crippen molar-refractivity contribution in [1.82, 2.24) is 4.57 Å². The molecule has 2 aromatic carbocycles. The summed E-state index contributed by atoms with van der Waals surface area (Å²) in [4.78, 5) is 0. The minimum Gasteiger partial charge on any atom is -0.418 e. The van der Waals surface area contributed by atoms with Crippen LogP contribution < -0.4 is 9.03 Å². The summed E-state index contributed by atoms with van der Waals surface area (Å²) < 4.78 is 52.2. The topological polar surface area (TPSA) is 18.0 Å². The van der Waals surface area contributed by atoms with Crippen LogP contribution in [0.25, 0.3) is 0 Å². The van der Waals surface area contributed by atoms with E-state index in [4.69, 9.17) is 4.74 Å². The fraction of sp³-hybridized carbons (Fsp3) is 0.250. The van der Waals surface area contributed by atoms with Crippen LogP contribution in [0.4, 0.5) is 17.3 Å². The normalized spacial score (nSPS) is 12.2. The Balaban J connectivity index is 0.000000575. The quantitative estimate of drug-likeness (QED) is 0.163. The average molecular weight is 599 g/mol. The van der Waals surface area contributed by atoms with Crippen molar-refractivity contribution in [2.75, 3.05) is 6.61 Å². The maximum atomic E-state index is 9.75. The molecule has 1 atom stereocenters. The van der Waals surface area contributed by atoms with Crippen LogP contribution in [0.3, 0.4) is 0 Å². The molecule has 0 fully saturated rings. The summed E-state index contributed by atoms with van der Waals surface area (Å²) in [5, 5.41) is 1.05. The summed E-state index contributed by atoms with van der Waals surface area (Å²) in [7, 11) is -3.96. The second-order valence-corrected chi connectivity index (χ2v) is 9.89. The van der Waals surface area contributed by atoms with Gasteiger partial charge in [0, 0.05) is 0 Å². The number of imidazole rings is 1. The number of aromatic nitrogens is 2. The fourth-order valence-electron chi connectivity index (χ4n) is 2.57. The van der Waals surface area contributed by atoms with E-state index in [2.05, 4.69) is 105 Å². The SMILES string of the molecule is C[n+]1ccn(CCOC(C[Se]c2ccccc2)c2cccc(I)c2)c1.F[B-](F)(F)F. The second-order valence-electron chi connectivity index (χ2n) is 6.35. The van der Waals surface area contributed by atoms with Crippen molar-refractivity contribution in [3.05, 3.63) is 82.5 Å². The van der Waals surface area contributed by atoms with Crippen LogP contribution in [0.2, 0.25) is 5.32 Å². The van der Waals surface area contributed by atoms with Crippen LogP contribution in [0, 0.1) is 3.57 Å². The van der Waals surface area contributed by atoms with Gasteiger partial charge in [-0.05, 0) is 0 Å². The molecule has 0 aliphatic rings. The van der Waals surface area contributed by atoms with Crippen LogP contribution in [-0.2, 0) is 18.3 Å². The van der Waals surface area contributed by atoms with E-state index >= 15 is 0 Å². The predicted octanol–water partition coefficient (Wildman–Crippen LogP) is 4.42. The Hall–Kier alpha value is -1.36. The molecule has 0 saturated carbocycles. The number of aryl methyl sites for hydroxylation is 1. The van der Waals surface area contributed by atoms with Crippen molar-refractivity contribution in [3.63, 3.8) is 0 Å². The fourth-order valence-corrected chi connectivity index (χ4v) is 5.20. The van der Waals surface area contributed by atoms with Crippen molar-refractivity contribution in [1.29, 1.82) is 0 Å². The van der Waals surface area contributed by atoms with Gasteiger partial charge in [0.25, 0.3) is 0 Å². The number of hydrogen-bond donors (Lipinski definition) is 0. The number of halogens is 5. The van der Waals surface area contributed by atoms with Crippen LogP contribution in [0.1, 0.15) is 11.7 Å². The Kier molecular flexibility index (Phi) is 10.4. The number of hydrogen-bond acceptors (Lipinski definition) is 1. The van der Waals surface area contributed by atoms with Crippen molar-refractivity contribution in [3.8, 4) is 0 Å². The minimum atomic E-state index is -6.00. The summed E-state index contributed by atoms with van der Waals surface area (Å²) >= 11 is 2.78. The third-order valence-electron chi connectivity index (χ3n) is 3.86. The molecule has 0 radical (unpaired) electrons. The molecule has 3 nitrogen and oxygen atoms in total. The average Bonchev–Trinajstić information content (AvgIpc) is 3.09. The molecule has 1 heterocycles. The standard InChI is InChI=1S/C20H22IN2OSe.BF4/c1-22-10-11-23(16-22)12-13-24-20(17-6-5-7-18(21)14-17)15-25-19-8-3-2-4-9-19;2-1(3,4)5/h2-11,14,16,20H,12-13,15H2,1H3;/q+1;-1. The van der Waals surface area contributed by atoms with Crippen LogP contribution >= 0.6 is 22.6 Å². The van der Waals surface area contributed by atoms with Gasteiger partial charge in [0.05, 0.1) is 0 Å². The van der Waals surface area contributed by atoms with E-state index in [9.17, 15) is 17.3 Å². The maximum Gasteiger partial charge on any atom is 0.673 e. The first-order valence-corrected chi connectivity index (χ1v) is 12.3. The van der Waals surface area contributed by atoms with Crippen molar-refractivity contribution in [2.24, 2.45) is 7.05 Å². The van der Waals surface area contributed by atoms with E-state index in [0.717, 1.165) is 18.5 Å². The number of ether oxygens (including phenoxy) is 1. The molecule has 162 valence electrons. The van der Waals surface area contributed by atoms with Gasteiger partial charge in [-0.1, -0.05) is 0 Å². The molecule has 0 saturated heterocycles. The third kappa shape index (κ3) is 10.6. The number of nitrogens with zero attached hydrogens (tertiary/aromatic N) is 2. The second kappa shape index (κ2) is 12.5. The number of benzene rings is 2. The van der Waals surface area contributed by atoms with Crippen LogP contribution in [-0.4, -0.2) is 33.4 Å². The van der Waals surface area contributed by atoms with E-state index in [1.54, 1.807) is 0 Å². The van der Waals surface area contributed by atoms with E-state index in [1.165, 1.54) is 13.6 Å². The zero-order chi connectivity index (χ0) is 22.0. The third-order valence-corrected chi connectivity index (χ3v) is 6.78. The molecule has 0 aliphatic heterocycles. The zero-order valence-electron chi connectivity index (χ0n) is 16.3. The van der Waals surface area contributed by atoms with Gasteiger partial charge in [-0.3, -0.25) is 0 Å². The summed E-state index contributed by atoms with van der Waals surface area (Å²) in [6.07, 6.45) is 6.37. The van der Waals surface area contributed by atoms with Crippen LogP contribution in [0.15, 0.2) is 73.3 Å². The molecule has 3 rings (SSSR count). The van der Waals surface area contributed by atoms with Gasteiger partial charge in [-0.15, -0.1) is 0 Å². The largest absolute Gasteiger partial charge is 0.673 e. The maximum absolute atomic E-state index is 9.75. The van der Waals surface area contributed by atoms with Crippen LogP contribution in [0.5, 0.6) is 0 Å². The first-order valence-electron chi connectivity index (χ1n) is 9.14. The molecule has 0 bridgehead atoms. The van der Waals surface area contributed by atoms with Crippen molar-refractivity contribution >= 4 is 49.3 Å². The Labute approximate surface area is 193 Å². The molecule has 0 spiro atoms. The minimum absolute atomic E-state index is 0.152. The van der Waals surface area contributed by atoms with Gasteiger partial charge in [-0.2, -0.15) is 0 Å². The Morgan fingerprint density at radius 1 is 1.10 bits per heavy atom. The molecule has 3 aromatic rings. The molecule has 0 aliphatic carbocycles. The first kappa shape index (κ1) is 24.9. The first-order chi connectivity index (χ1) is 14.2. The number of rotatable bonds is 8. The summed E-state index contributed by atoms with van der Waals surface area (Å²) in [5.74, 6) is 0. The van der Waals surface area contributed by atoms with E-state index in [0.29, 0.717) is 15.0 Å². The van der Waals surface area contributed by atoms with E-state index < -0.39 is 7.25 Å². The molecule has 0 amide bonds. The molecular formula is C20H22BF4IN2OSe. The summed E-state index contributed by atoms with van der Waals surface area (Å²) in [5.41, 5.74) is 1.28. The smallest absolute Gasteiger partial charge is 0.418 e. The van der Waals surface area contributed by atoms with Gasteiger partial charge in [-0.25, -0.2) is 0 Å². The summed E-state index contributed by atoms with van der Waals surface area (Å²) in [6, 6.07) is 19.4. The van der Waals surface area contributed by atoms with Gasteiger partial charge < -0.3 is 17.3 Å². The van der Waals surface area contributed by atoms with Gasteiger partial charge in [0.2, 0.25) is 0 Å². The Bertz CT molecular complexity index is 890. The van der Waals surface area contributed by atoms with Gasteiger partial charge >= 0.3 is 177 Å². The Morgan fingerprint density at radius 2 is 1.80 bits per heavy atom. The monoisotopic (exact) mass is 600 g/mol.